The molecule has 5 nitrogen and oxygen atoms in total. The molecule has 1 saturated heterocycles. The zero-order chi connectivity index (χ0) is 19.9. The smallest absolute Gasteiger partial charge is 0.243 e. The highest BCUT2D eigenvalue weighted by Crippen LogP contribution is 2.36. The standard InChI is InChI=1S/C20H20Br2N2O3S/c1-27-14-2-5-20-16(10-14)17(12-23-20)13-6-8-24(9-7-13)28(25,26)15-3-4-18(21)19(22)11-15/h2-5,10-13,23H,6-9H2,1H3. The number of nitrogens with one attached hydrogen (secondary N) is 1. The van der Waals surface area contributed by atoms with Crippen LogP contribution in [-0.2, 0) is 10.0 Å². The van der Waals surface area contributed by atoms with Crippen LogP contribution in [0.4, 0.5) is 0 Å². The number of piperidine rings is 1. The van der Waals surface area contributed by atoms with Crippen molar-refractivity contribution in [2.24, 2.45) is 0 Å². The SMILES string of the molecule is COc1ccc2[nH]cc(C3CCN(S(=O)(=O)c4ccc(Br)c(Br)c4)CC3)c2c1. The fourth-order valence-electron chi connectivity index (χ4n) is 3.78. The van der Waals surface area contributed by atoms with Crippen molar-refractivity contribution >= 4 is 52.8 Å². The fraction of sp³-hybridized carbons (Fsp3) is 0.300. The summed E-state index contributed by atoms with van der Waals surface area (Å²) in [6.45, 7) is 1.02. The highest BCUT2D eigenvalue weighted by molar-refractivity contribution is 9.13. The number of sulfonamides is 1. The fourth-order valence-corrected chi connectivity index (χ4v) is 6.05. The third-order valence-electron chi connectivity index (χ3n) is 5.34. The third kappa shape index (κ3) is 3.63. The highest BCUT2D eigenvalue weighted by atomic mass is 79.9. The van der Waals surface area contributed by atoms with Gasteiger partial charge in [-0.2, -0.15) is 4.31 Å². The van der Waals surface area contributed by atoms with E-state index >= 15 is 0 Å². The molecule has 0 amide bonds. The minimum atomic E-state index is -3.49. The lowest BCUT2D eigenvalue weighted by atomic mass is 9.90. The largest absolute Gasteiger partial charge is 0.497 e. The Kier molecular flexibility index (Phi) is 5.57. The Morgan fingerprint density at radius 3 is 2.50 bits per heavy atom. The second kappa shape index (κ2) is 7.82. The van der Waals surface area contributed by atoms with Crippen LogP contribution >= 0.6 is 31.9 Å². The normalized spacial score (nSPS) is 16.5. The van der Waals surface area contributed by atoms with Gasteiger partial charge in [-0.15, -0.1) is 0 Å². The first-order valence-electron chi connectivity index (χ1n) is 9.00. The zero-order valence-electron chi connectivity index (χ0n) is 15.3. The van der Waals surface area contributed by atoms with Gasteiger partial charge in [-0.1, -0.05) is 0 Å². The molecule has 1 aliphatic heterocycles. The van der Waals surface area contributed by atoms with Crippen molar-refractivity contribution in [2.45, 2.75) is 23.7 Å². The first-order chi connectivity index (χ1) is 13.4. The number of aromatic nitrogens is 1. The average molecular weight is 528 g/mol. The van der Waals surface area contributed by atoms with E-state index in [1.165, 1.54) is 5.56 Å². The predicted octanol–water partition coefficient (Wildman–Crippen LogP) is 5.27. The summed E-state index contributed by atoms with van der Waals surface area (Å²) >= 11 is 6.77. The first kappa shape index (κ1) is 19.9. The van der Waals surface area contributed by atoms with Gasteiger partial charge in [-0.05, 0) is 92.6 Å². The van der Waals surface area contributed by atoms with Crippen LogP contribution in [0.15, 0.2) is 56.4 Å². The molecule has 0 saturated carbocycles. The predicted molar refractivity (Wildman–Crippen MR) is 117 cm³/mol. The Labute approximate surface area is 181 Å². The van der Waals surface area contributed by atoms with Gasteiger partial charge in [0.25, 0.3) is 0 Å². The van der Waals surface area contributed by atoms with Crippen LogP contribution in [0.25, 0.3) is 10.9 Å². The van der Waals surface area contributed by atoms with E-state index in [2.05, 4.69) is 36.8 Å². The van der Waals surface area contributed by atoms with Gasteiger partial charge >= 0.3 is 0 Å². The van der Waals surface area contributed by atoms with Gasteiger partial charge in [0.2, 0.25) is 10.0 Å². The van der Waals surface area contributed by atoms with E-state index in [1.54, 1.807) is 29.6 Å². The van der Waals surface area contributed by atoms with Crippen LogP contribution in [0.1, 0.15) is 24.3 Å². The number of aromatic amines is 1. The van der Waals surface area contributed by atoms with Crippen molar-refractivity contribution in [3.63, 3.8) is 0 Å². The molecular weight excluding hydrogens is 508 g/mol. The molecule has 0 aliphatic carbocycles. The first-order valence-corrected chi connectivity index (χ1v) is 12.0. The molecule has 0 radical (unpaired) electrons. The lowest BCUT2D eigenvalue weighted by molar-refractivity contribution is 0.320. The number of H-pyrrole nitrogens is 1. The Morgan fingerprint density at radius 2 is 1.82 bits per heavy atom. The molecule has 148 valence electrons. The van der Waals surface area contributed by atoms with Crippen LogP contribution in [0, 0.1) is 0 Å². The molecular formula is C20H20Br2N2O3S. The van der Waals surface area contributed by atoms with Gasteiger partial charge in [0.05, 0.1) is 12.0 Å². The van der Waals surface area contributed by atoms with Gasteiger partial charge in [-0.3, -0.25) is 0 Å². The second-order valence-corrected chi connectivity index (χ2v) is 10.6. The summed E-state index contributed by atoms with van der Waals surface area (Å²) < 4.78 is 34.5. The summed E-state index contributed by atoms with van der Waals surface area (Å²) in [6.07, 6.45) is 3.63. The molecule has 2 aromatic carbocycles. The van der Waals surface area contributed by atoms with Gasteiger partial charge in [0.15, 0.2) is 0 Å². The summed E-state index contributed by atoms with van der Waals surface area (Å²) in [7, 11) is -1.83. The summed E-state index contributed by atoms with van der Waals surface area (Å²) in [5.41, 5.74) is 2.31. The number of halogens is 2. The second-order valence-electron chi connectivity index (χ2n) is 6.91. The number of methoxy groups -OCH3 is 1. The summed E-state index contributed by atoms with van der Waals surface area (Å²) in [6, 6.07) is 11.0. The van der Waals surface area contributed by atoms with Gasteiger partial charge in [0, 0.05) is 39.1 Å². The van der Waals surface area contributed by atoms with E-state index in [0.717, 1.165) is 38.4 Å². The van der Waals surface area contributed by atoms with E-state index in [9.17, 15) is 8.42 Å². The maximum Gasteiger partial charge on any atom is 0.243 e. The van der Waals surface area contributed by atoms with Gasteiger partial charge in [0.1, 0.15) is 5.75 Å². The molecule has 0 spiro atoms. The molecule has 0 unspecified atom stereocenters. The van der Waals surface area contributed by atoms with Crippen molar-refractivity contribution in [1.82, 2.24) is 9.29 Å². The van der Waals surface area contributed by atoms with Crippen LogP contribution in [0.3, 0.4) is 0 Å². The summed E-state index contributed by atoms with van der Waals surface area (Å²) in [4.78, 5) is 3.64. The van der Waals surface area contributed by atoms with Crippen LogP contribution in [-0.4, -0.2) is 37.9 Å². The molecule has 1 N–H and O–H groups in total. The van der Waals surface area contributed by atoms with E-state index < -0.39 is 10.0 Å². The minimum Gasteiger partial charge on any atom is -0.497 e. The molecule has 0 atom stereocenters. The molecule has 28 heavy (non-hydrogen) atoms. The van der Waals surface area contributed by atoms with E-state index in [4.69, 9.17) is 4.74 Å². The number of fused-ring (bicyclic) bond motifs is 1. The Bertz CT molecular complexity index is 1120. The van der Waals surface area contributed by atoms with E-state index in [0.29, 0.717) is 23.9 Å². The molecule has 3 aromatic rings. The number of hydrogen-bond acceptors (Lipinski definition) is 3. The van der Waals surface area contributed by atoms with Crippen molar-refractivity contribution in [3.8, 4) is 5.75 Å². The summed E-state index contributed by atoms with van der Waals surface area (Å²) in [5, 5.41) is 1.15. The topological polar surface area (TPSA) is 62.4 Å². The number of ether oxygens (including phenoxy) is 1. The number of rotatable bonds is 4. The number of benzene rings is 2. The van der Waals surface area contributed by atoms with Crippen molar-refractivity contribution in [2.75, 3.05) is 20.2 Å². The van der Waals surface area contributed by atoms with Crippen LogP contribution < -0.4 is 4.74 Å². The van der Waals surface area contributed by atoms with Crippen molar-refractivity contribution < 1.29 is 13.2 Å². The highest BCUT2D eigenvalue weighted by Gasteiger charge is 2.31. The van der Waals surface area contributed by atoms with Crippen molar-refractivity contribution in [1.29, 1.82) is 0 Å². The van der Waals surface area contributed by atoms with Gasteiger partial charge in [-0.25, -0.2) is 8.42 Å². The molecule has 1 fully saturated rings. The Morgan fingerprint density at radius 1 is 1.07 bits per heavy atom. The average Bonchev–Trinajstić information content (AvgIpc) is 3.13. The van der Waals surface area contributed by atoms with E-state index in [1.807, 2.05) is 24.4 Å². The molecule has 1 aromatic heterocycles. The Balaban J connectivity index is 1.54. The van der Waals surface area contributed by atoms with Gasteiger partial charge < -0.3 is 9.72 Å². The van der Waals surface area contributed by atoms with Crippen LogP contribution in [0.2, 0.25) is 0 Å². The summed E-state index contributed by atoms with van der Waals surface area (Å²) in [5.74, 6) is 1.15. The molecule has 1 aliphatic rings. The van der Waals surface area contributed by atoms with Crippen LogP contribution in [0.5, 0.6) is 5.75 Å². The maximum atomic E-state index is 13.0. The Hall–Kier alpha value is -1.35. The number of nitrogens with zero attached hydrogens (tertiary/aromatic N) is 1. The molecule has 0 bridgehead atoms. The van der Waals surface area contributed by atoms with E-state index in [-0.39, 0.29) is 0 Å². The number of hydrogen-bond donors (Lipinski definition) is 1. The van der Waals surface area contributed by atoms with Crippen molar-refractivity contribution in [3.05, 3.63) is 57.1 Å². The lowest BCUT2D eigenvalue weighted by Gasteiger charge is -2.31. The molecule has 2 heterocycles. The molecule has 4 rings (SSSR count). The minimum absolute atomic E-state index is 0.317. The molecule has 8 heteroatoms. The monoisotopic (exact) mass is 526 g/mol. The third-order valence-corrected chi connectivity index (χ3v) is 9.12. The quantitative estimate of drug-likeness (QED) is 0.502. The lowest BCUT2D eigenvalue weighted by Crippen LogP contribution is -2.37. The zero-order valence-corrected chi connectivity index (χ0v) is 19.3. The maximum absolute atomic E-state index is 13.0.